The molecule has 110 valence electrons. The molecule has 2 aromatic rings. The van der Waals surface area contributed by atoms with Crippen molar-refractivity contribution in [2.45, 2.75) is 24.9 Å². The summed E-state index contributed by atoms with van der Waals surface area (Å²) in [5, 5.41) is 10.4. The van der Waals surface area contributed by atoms with Gasteiger partial charge < -0.3 is 10.6 Å². The number of benzene rings is 1. The maximum Gasteiger partial charge on any atom is 0.242 e. The fraction of sp³-hybridized carbons (Fsp3) is 0.375. The van der Waals surface area contributed by atoms with Gasteiger partial charge in [-0.3, -0.25) is 9.48 Å². The van der Waals surface area contributed by atoms with E-state index in [0.29, 0.717) is 0 Å². The Morgan fingerprint density at radius 3 is 2.95 bits per heavy atom. The average Bonchev–Trinajstić information content (AvgIpc) is 3.07. The summed E-state index contributed by atoms with van der Waals surface area (Å²) in [7, 11) is 3.64. The molecule has 1 aromatic carbocycles. The van der Waals surface area contributed by atoms with Gasteiger partial charge in [-0.25, -0.2) is 0 Å². The summed E-state index contributed by atoms with van der Waals surface area (Å²) in [6.45, 7) is 0. The molecule has 1 aliphatic carbocycles. The number of carbonyl (C=O) groups is 1. The van der Waals surface area contributed by atoms with Crippen LogP contribution in [0.3, 0.4) is 0 Å². The fourth-order valence-electron chi connectivity index (χ4n) is 3.00. The van der Waals surface area contributed by atoms with Crippen LogP contribution in [0.1, 0.15) is 35.2 Å². The molecule has 5 nitrogen and oxygen atoms in total. The van der Waals surface area contributed by atoms with E-state index in [4.69, 9.17) is 0 Å². The molecule has 1 aromatic heterocycles. The van der Waals surface area contributed by atoms with E-state index in [-0.39, 0.29) is 18.0 Å². The van der Waals surface area contributed by atoms with Gasteiger partial charge in [-0.1, -0.05) is 24.3 Å². The van der Waals surface area contributed by atoms with Crippen LogP contribution in [0.5, 0.6) is 0 Å². The summed E-state index contributed by atoms with van der Waals surface area (Å²) in [6.07, 6.45) is 5.58. The summed E-state index contributed by atoms with van der Waals surface area (Å²) in [4.78, 5) is 12.5. The van der Waals surface area contributed by atoms with Crippen molar-refractivity contribution >= 4 is 5.91 Å². The number of nitrogens with one attached hydrogen (secondary N) is 2. The zero-order valence-corrected chi connectivity index (χ0v) is 12.3. The molecule has 1 aliphatic rings. The average molecular weight is 284 g/mol. The standard InChI is InChI=1S/C16H20N4O/c1-17-15(12-9-18-20(2)10-12)16(21)19-14-8-7-11-5-3-4-6-13(11)14/h3-6,9-10,14-15,17H,7-8H2,1-2H3,(H,19,21). The Hall–Kier alpha value is -2.14. The van der Waals surface area contributed by atoms with Crippen molar-refractivity contribution in [2.24, 2.45) is 7.05 Å². The van der Waals surface area contributed by atoms with E-state index in [1.54, 1.807) is 17.9 Å². The predicted octanol–water partition coefficient (Wildman–Crippen LogP) is 1.48. The summed E-state index contributed by atoms with van der Waals surface area (Å²) < 4.78 is 1.71. The Kier molecular flexibility index (Phi) is 3.75. The van der Waals surface area contributed by atoms with Crippen LogP contribution < -0.4 is 10.6 Å². The Morgan fingerprint density at radius 2 is 2.24 bits per heavy atom. The number of likely N-dealkylation sites (N-methyl/N-ethyl adjacent to an activating group) is 1. The summed E-state index contributed by atoms with van der Waals surface area (Å²) in [5.74, 6) is -0.00722. The molecule has 0 saturated heterocycles. The lowest BCUT2D eigenvalue weighted by atomic mass is 10.1. The maximum atomic E-state index is 12.5. The van der Waals surface area contributed by atoms with Crippen LogP contribution in [0, 0.1) is 0 Å². The zero-order valence-electron chi connectivity index (χ0n) is 12.3. The Labute approximate surface area is 124 Å². The second kappa shape index (κ2) is 5.69. The molecule has 2 atom stereocenters. The van der Waals surface area contributed by atoms with E-state index in [0.717, 1.165) is 18.4 Å². The molecule has 0 bridgehead atoms. The molecule has 5 heteroatoms. The number of carbonyl (C=O) groups excluding carboxylic acids is 1. The minimum atomic E-state index is -0.369. The molecule has 21 heavy (non-hydrogen) atoms. The second-order valence-electron chi connectivity index (χ2n) is 5.47. The van der Waals surface area contributed by atoms with E-state index in [1.165, 1.54) is 11.1 Å². The van der Waals surface area contributed by atoms with Crippen LogP contribution in [0.4, 0.5) is 0 Å². The molecular weight excluding hydrogens is 264 g/mol. The number of hydrogen-bond donors (Lipinski definition) is 2. The fourth-order valence-corrected chi connectivity index (χ4v) is 3.00. The van der Waals surface area contributed by atoms with Crippen LogP contribution in [-0.4, -0.2) is 22.7 Å². The molecule has 2 unspecified atom stereocenters. The minimum absolute atomic E-state index is 0.00722. The molecule has 0 radical (unpaired) electrons. The number of nitrogens with zero attached hydrogens (tertiary/aromatic N) is 2. The Morgan fingerprint density at radius 1 is 1.43 bits per heavy atom. The van der Waals surface area contributed by atoms with E-state index in [1.807, 2.05) is 19.3 Å². The highest BCUT2D eigenvalue weighted by Crippen LogP contribution is 2.31. The molecule has 0 saturated carbocycles. The smallest absolute Gasteiger partial charge is 0.242 e. The molecule has 1 heterocycles. The lowest BCUT2D eigenvalue weighted by molar-refractivity contribution is -0.123. The Bertz CT molecular complexity index is 649. The van der Waals surface area contributed by atoms with Crippen LogP contribution in [0.25, 0.3) is 0 Å². The van der Waals surface area contributed by atoms with Crippen molar-refractivity contribution in [1.29, 1.82) is 0 Å². The zero-order chi connectivity index (χ0) is 14.8. The van der Waals surface area contributed by atoms with Crippen molar-refractivity contribution in [1.82, 2.24) is 20.4 Å². The Balaban J connectivity index is 1.74. The van der Waals surface area contributed by atoms with Crippen LogP contribution in [0.15, 0.2) is 36.7 Å². The molecular formula is C16H20N4O. The van der Waals surface area contributed by atoms with Crippen molar-refractivity contribution < 1.29 is 4.79 Å². The largest absolute Gasteiger partial charge is 0.348 e. The lowest BCUT2D eigenvalue weighted by Crippen LogP contribution is -2.37. The van der Waals surface area contributed by atoms with Gasteiger partial charge >= 0.3 is 0 Å². The first-order valence-electron chi connectivity index (χ1n) is 7.23. The number of rotatable bonds is 4. The maximum absolute atomic E-state index is 12.5. The normalized spacial score (nSPS) is 18.3. The lowest BCUT2D eigenvalue weighted by Gasteiger charge is -2.19. The van der Waals surface area contributed by atoms with Gasteiger partial charge in [0.1, 0.15) is 6.04 Å². The number of hydrogen-bond acceptors (Lipinski definition) is 3. The highest BCUT2D eigenvalue weighted by molar-refractivity contribution is 5.83. The molecule has 0 spiro atoms. The first kappa shape index (κ1) is 13.8. The first-order valence-corrected chi connectivity index (χ1v) is 7.23. The molecule has 0 fully saturated rings. The molecule has 2 N–H and O–H groups in total. The van der Waals surface area contributed by atoms with Crippen molar-refractivity contribution in [3.05, 3.63) is 53.3 Å². The molecule has 1 amide bonds. The number of fused-ring (bicyclic) bond motifs is 1. The summed E-state index contributed by atoms with van der Waals surface area (Å²) in [5.41, 5.74) is 3.46. The highest BCUT2D eigenvalue weighted by Gasteiger charge is 2.27. The van der Waals surface area contributed by atoms with Crippen molar-refractivity contribution in [3.63, 3.8) is 0 Å². The SMILES string of the molecule is CNC(C(=O)NC1CCc2ccccc21)c1cnn(C)c1. The quantitative estimate of drug-likeness (QED) is 0.894. The van der Waals surface area contributed by atoms with Gasteiger partial charge in [-0.15, -0.1) is 0 Å². The second-order valence-corrected chi connectivity index (χ2v) is 5.47. The minimum Gasteiger partial charge on any atom is -0.348 e. The van der Waals surface area contributed by atoms with Gasteiger partial charge in [0.25, 0.3) is 0 Å². The van der Waals surface area contributed by atoms with Gasteiger partial charge in [0.2, 0.25) is 5.91 Å². The molecule has 3 rings (SSSR count). The third-order valence-corrected chi connectivity index (χ3v) is 4.06. The van der Waals surface area contributed by atoms with Crippen molar-refractivity contribution in [2.75, 3.05) is 7.05 Å². The van der Waals surface area contributed by atoms with Crippen molar-refractivity contribution in [3.8, 4) is 0 Å². The molecule has 0 aliphatic heterocycles. The van der Waals surface area contributed by atoms with E-state index in [2.05, 4.69) is 33.9 Å². The van der Waals surface area contributed by atoms with Crippen LogP contribution in [0.2, 0.25) is 0 Å². The van der Waals surface area contributed by atoms with Crippen LogP contribution in [-0.2, 0) is 18.3 Å². The van der Waals surface area contributed by atoms with Gasteiger partial charge in [0.05, 0.1) is 12.2 Å². The number of aryl methyl sites for hydroxylation is 2. The number of aromatic nitrogens is 2. The third kappa shape index (κ3) is 2.69. The van der Waals surface area contributed by atoms with E-state index in [9.17, 15) is 4.79 Å². The summed E-state index contributed by atoms with van der Waals surface area (Å²) >= 11 is 0. The highest BCUT2D eigenvalue weighted by atomic mass is 16.2. The van der Waals surface area contributed by atoms with E-state index >= 15 is 0 Å². The van der Waals surface area contributed by atoms with Crippen LogP contribution >= 0.6 is 0 Å². The number of amides is 1. The third-order valence-electron chi connectivity index (χ3n) is 4.06. The monoisotopic (exact) mass is 284 g/mol. The van der Waals surface area contributed by atoms with E-state index < -0.39 is 0 Å². The van der Waals surface area contributed by atoms with Gasteiger partial charge in [-0.05, 0) is 31.0 Å². The predicted molar refractivity (Wildman–Crippen MR) is 80.7 cm³/mol. The first-order chi connectivity index (χ1) is 10.2. The summed E-state index contributed by atoms with van der Waals surface area (Å²) in [6, 6.07) is 8.06. The van der Waals surface area contributed by atoms with Gasteiger partial charge in [0, 0.05) is 18.8 Å². The van der Waals surface area contributed by atoms with Gasteiger partial charge in [0.15, 0.2) is 0 Å². The topological polar surface area (TPSA) is 59.0 Å². The van der Waals surface area contributed by atoms with Gasteiger partial charge in [-0.2, -0.15) is 5.10 Å².